The van der Waals surface area contributed by atoms with Crippen LogP contribution in [0.5, 0.6) is 0 Å². The zero-order chi connectivity index (χ0) is 23.4. The molecule has 0 rings (SSSR count). The molecule has 0 N–H and O–H groups in total. The highest BCUT2D eigenvalue weighted by molar-refractivity contribution is 4.84. The summed E-state index contributed by atoms with van der Waals surface area (Å²) in [4.78, 5) is 0. The first-order chi connectivity index (χ1) is 15.8. The Kier molecular flexibility index (Phi) is 27.6. The van der Waals surface area contributed by atoms with E-state index < -0.39 is 0 Å². The Morgan fingerprint density at radius 1 is 0.344 bits per heavy atom. The molecule has 0 aromatic rings. The number of rotatable bonds is 25. The topological polar surface area (TPSA) is 0 Å². The quantitative estimate of drug-likeness (QED) is 0.0969. The lowest BCUT2D eigenvalue weighted by atomic mass is 9.90. The van der Waals surface area contributed by atoms with Crippen LogP contribution in [-0.4, -0.2) is 0 Å². The summed E-state index contributed by atoms with van der Waals surface area (Å²) in [5, 5.41) is 0. The Morgan fingerprint density at radius 2 is 0.625 bits per heavy atom. The van der Waals surface area contributed by atoms with Gasteiger partial charge in [-0.15, -0.1) is 0 Å². The van der Waals surface area contributed by atoms with Crippen molar-refractivity contribution < 1.29 is 0 Å². The molecule has 0 saturated heterocycles. The minimum atomic E-state index is 0.950. The summed E-state index contributed by atoms with van der Waals surface area (Å²) >= 11 is 0. The second-order valence-corrected chi connectivity index (χ2v) is 9.91. The normalized spacial score (nSPS) is 12.4. The molecule has 0 atom stereocenters. The lowest BCUT2D eigenvalue weighted by molar-refractivity contribution is 0.385. The molecule has 0 unspecified atom stereocenters. The highest BCUT2D eigenvalue weighted by Gasteiger charge is 2.07. The first-order valence-electron chi connectivity index (χ1n) is 14.8. The fraction of sp³-hybridized carbons (Fsp3) is 0.812. The molecular formula is C32H60. The van der Waals surface area contributed by atoms with Crippen LogP contribution in [-0.2, 0) is 0 Å². The largest absolute Gasteiger partial charge is 0.0885 e. The summed E-state index contributed by atoms with van der Waals surface area (Å²) in [6.45, 7) is 6.86. The fourth-order valence-electron chi connectivity index (χ4n) is 4.42. The molecule has 0 heterocycles. The Labute approximate surface area is 204 Å². The summed E-state index contributed by atoms with van der Waals surface area (Å²) in [7, 11) is 0. The Balaban J connectivity index is 4.04. The van der Waals surface area contributed by atoms with Crippen molar-refractivity contribution in [3.63, 3.8) is 0 Å². The van der Waals surface area contributed by atoms with Crippen molar-refractivity contribution in [2.24, 2.45) is 5.92 Å². The van der Waals surface area contributed by atoms with Crippen molar-refractivity contribution in [1.29, 1.82) is 0 Å². The minimum absolute atomic E-state index is 0.950. The molecule has 0 aliphatic rings. The summed E-state index contributed by atoms with van der Waals surface area (Å²) < 4.78 is 0. The highest BCUT2D eigenvalue weighted by atomic mass is 14.1. The van der Waals surface area contributed by atoms with E-state index in [1.807, 2.05) is 0 Å². The summed E-state index contributed by atoms with van der Waals surface area (Å²) in [5.74, 6) is 0.950. The Hall–Kier alpha value is -0.780. The van der Waals surface area contributed by atoms with E-state index in [4.69, 9.17) is 0 Å². The third kappa shape index (κ3) is 25.5. The van der Waals surface area contributed by atoms with Gasteiger partial charge in [0.15, 0.2) is 0 Å². The van der Waals surface area contributed by atoms with Crippen LogP contribution in [0, 0.1) is 5.92 Å². The lowest BCUT2D eigenvalue weighted by Crippen LogP contribution is -2.01. The molecular weight excluding hydrogens is 384 g/mol. The van der Waals surface area contributed by atoms with Crippen LogP contribution < -0.4 is 0 Å². The van der Waals surface area contributed by atoms with Gasteiger partial charge in [-0.3, -0.25) is 0 Å². The van der Waals surface area contributed by atoms with Gasteiger partial charge >= 0.3 is 0 Å². The Morgan fingerprint density at radius 3 is 0.969 bits per heavy atom. The average molecular weight is 445 g/mol. The fourth-order valence-corrected chi connectivity index (χ4v) is 4.42. The van der Waals surface area contributed by atoms with E-state index in [9.17, 15) is 0 Å². The van der Waals surface area contributed by atoms with Crippen LogP contribution in [0.4, 0.5) is 0 Å². The first-order valence-corrected chi connectivity index (χ1v) is 14.8. The van der Waals surface area contributed by atoms with Gasteiger partial charge in [-0.1, -0.05) is 121 Å². The van der Waals surface area contributed by atoms with E-state index in [0.29, 0.717) is 0 Å². The SMILES string of the molecule is CCCCC/C=C\CCCCC(CCC/C=C\CCCCC)CCC/C=C\CCCCC. The van der Waals surface area contributed by atoms with Gasteiger partial charge in [0.2, 0.25) is 0 Å². The van der Waals surface area contributed by atoms with Gasteiger partial charge in [0.05, 0.1) is 0 Å². The standard InChI is InChI=1S/C32H60/c1-4-7-10-13-16-19-22-25-28-31-32(29-26-23-20-17-14-11-8-5-2)30-27-24-21-18-15-12-9-6-3/h16-21,32H,4-15,22-31H2,1-3H3/b19-16-,20-17-,21-18-. The predicted octanol–water partition coefficient (Wildman–Crippen LogP) is 11.9. The van der Waals surface area contributed by atoms with Gasteiger partial charge in [-0.05, 0) is 83.0 Å². The molecule has 0 nitrogen and oxygen atoms in total. The van der Waals surface area contributed by atoms with Crippen LogP contribution in [0.2, 0.25) is 0 Å². The van der Waals surface area contributed by atoms with Gasteiger partial charge in [-0.25, -0.2) is 0 Å². The van der Waals surface area contributed by atoms with Crippen molar-refractivity contribution in [2.45, 2.75) is 162 Å². The summed E-state index contributed by atoms with van der Waals surface area (Å²) in [6.07, 6.45) is 44.5. The van der Waals surface area contributed by atoms with Crippen LogP contribution in [0.15, 0.2) is 36.5 Å². The maximum Gasteiger partial charge on any atom is -0.0351 e. The van der Waals surface area contributed by atoms with Crippen LogP contribution in [0.1, 0.15) is 162 Å². The molecule has 0 saturated carbocycles. The second kappa shape index (κ2) is 28.3. The van der Waals surface area contributed by atoms with Crippen molar-refractivity contribution in [3.8, 4) is 0 Å². The molecule has 0 amide bonds. The molecule has 32 heavy (non-hydrogen) atoms. The van der Waals surface area contributed by atoms with Gasteiger partial charge in [0.1, 0.15) is 0 Å². The number of hydrogen-bond donors (Lipinski definition) is 0. The summed E-state index contributed by atoms with van der Waals surface area (Å²) in [6, 6.07) is 0. The molecule has 0 radical (unpaired) electrons. The maximum atomic E-state index is 2.45. The molecule has 0 heteroatoms. The molecule has 188 valence electrons. The monoisotopic (exact) mass is 444 g/mol. The second-order valence-electron chi connectivity index (χ2n) is 9.91. The smallest absolute Gasteiger partial charge is 0.0351 e. The summed E-state index contributed by atoms with van der Waals surface area (Å²) in [5.41, 5.74) is 0. The molecule has 0 spiro atoms. The van der Waals surface area contributed by atoms with Crippen molar-refractivity contribution in [3.05, 3.63) is 36.5 Å². The zero-order valence-electron chi connectivity index (χ0n) is 22.6. The third-order valence-electron chi connectivity index (χ3n) is 6.62. The van der Waals surface area contributed by atoms with Gasteiger partial charge in [0, 0.05) is 0 Å². The van der Waals surface area contributed by atoms with Crippen molar-refractivity contribution in [2.75, 3.05) is 0 Å². The number of hydrogen-bond acceptors (Lipinski definition) is 0. The highest BCUT2D eigenvalue weighted by Crippen LogP contribution is 2.23. The van der Waals surface area contributed by atoms with Crippen LogP contribution in [0.3, 0.4) is 0 Å². The number of unbranched alkanes of at least 4 members (excludes halogenated alkanes) is 13. The molecule has 0 fully saturated rings. The lowest BCUT2D eigenvalue weighted by Gasteiger charge is -2.16. The van der Waals surface area contributed by atoms with E-state index in [0.717, 1.165) is 5.92 Å². The van der Waals surface area contributed by atoms with Gasteiger partial charge < -0.3 is 0 Å². The third-order valence-corrected chi connectivity index (χ3v) is 6.62. The predicted molar refractivity (Wildman–Crippen MR) is 150 cm³/mol. The van der Waals surface area contributed by atoms with Crippen molar-refractivity contribution >= 4 is 0 Å². The van der Waals surface area contributed by atoms with Crippen molar-refractivity contribution in [1.82, 2.24) is 0 Å². The van der Waals surface area contributed by atoms with E-state index in [2.05, 4.69) is 57.2 Å². The average Bonchev–Trinajstić information content (AvgIpc) is 2.80. The van der Waals surface area contributed by atoms with E-state index in [1.165, 1.54) is 141 Å². The van der Waals surface area contributed by atoms with Crippen LogP contribution in [0.25, 0.3) is 0 Å². The molecule has 0 aromatic carbocycles. The molecule has 0 aliphatic carbocycles. The van der Waals surface area contributed by atoms with E-state index in [1.54, 1.807) is 0 Å². The number of allylic oxidation sites excluding steroid dienone is 6. The molecule has 0 bridgehead atoms. The van der Waals surface area contributed by atoms with Gasteiger partial charge in [-0.2, -0.15) is 0 Å². The first kappa shape index (κ1) is 31.2. The maximum absolute atomic E-state index is 2.45. The van der Waals surface area contributed by atoms with Crippen LogP contribution >= 0.6 is 0 Å². The van der Waals surface area contributed by atoms with E-state index >= 15 is 0 Å². The molecule has 0 aromatic heterocycles. The Bertz CT molecular complexity index is 388. The van der Waals surface area contributed by atoms with E-state index in [-0.39, 0.29) is 0 Å². The van der Waals surface area contributed by atoms with Gasteiger partial charge in [0.25, 0.3) is 0 Å². The minimum Gasteiger partial charge on any atom is -0.0885 e. The zero-order valence-corrected chi connectivity index (χ0v) is 22.6. The molecule has 0 aliphatic heterocycles.